The summed E-state index contributed by atoms with van der Waals surface area (Å²) in [4.78, 5) is 1.47. The molecule has 1 saturated heterocycles. The highest BCUT2D eigenvalue weighted by Gasteiger charge is 2.27. The van der Waals surface area contributed by atoms with Crippen LogP contribution in [-0.2, 0) is 0 Å². The van der Waals surface area contributed by atoms with Gasteiger partial charge >= 0.3 is 0 Å². The predicted octanol–water partition coefficient (Wildman–Crippen LogP) is 1.00. The van der Waals surface area contributed by atoms with Crippen LogP contribution in [0.25, 0.3) is 0 Å². The second-order valence-electron chi connectivity index (χ2n) is 2.80. The summed E-state index contributed by atoms with van der Waals surface area (Å²) in [7, 11) is 0. The smallest absolute Gasteiger partial charge is 0.108 e. The minimum absolute atomic E-state index is 0.148. The van der Waals surface area contributed by atoms with E-state index in [4.69, 9.17) is 5.73 Å². The Hall–Kier alpha value is 0.01000. The summed E-state index contributed by atoms with van der Waals surface area (Å²) in [5.74, 6) is 0. The van der Waals surface area contributed by atoms with Gasteiger partial charge in [0.15, 0.2) is 0 Å². The van der Waals surface area contributed by atoms with Crippen molar-refractivity contribution in [1.29, 1.82) is 0 Å². The molecule has 0 aromatic rings. The summed E-state index contributed by atoms with van der Waals surface area (Å²) >= 11 is 1.78. The predicted molar refractivity (Wildman–Crippen MR) is 44.4 cm³/mol. The zero-order valence-electron chi connectivity index (χ0n) is 5.84. The van der Waals surface area contributed by atoms with Crippen LogP contribution in [0.4, 0.5) is 0 Å². The first-order valence-corrected chi connectivity index (χ1v) is 4.62. The summed E-state index contributed by atoms with van der Waals surface area (Å²) < 4.78 is 0. The van der Waals surface area contributed by atoms with Crippen LogP contribution in [0.3, 0.4) is 0 Å². The van der Waals surface area contributed by atoms with E-state index in [0.717, 1.165) is 0 Å². The fraction of sp³-hybridized carbons (Fsp3) is 0.714. The lowest BCUT2D eigenvalue weighted by Crippen LogP contribution is -2.35. The van der Waals surface area contributed by atoms with Crippen molar-refractivity contribution in [3.8, 4) is 0 Å². The Morgan fingerprint density at radius 2 is 2.60 bits per heavy atom. The van der Waals surface area contributed by atoms with Crippen molar-refractivity contribution in [2.75, 3.05) is 0 Å². The van der Waals surface area contributed by atoms with Crippen molar-refractivity contribution in [2.24, 2.45) is 5.73 Å². The van der Waals surface area contributed by atoms with E-state index in [1.807, 2.05) is 0 Å². The maximum atomic E-state index is 5.71. The Morgan fingerprint density at radius 1 is 1.70 bits per heavy atom. The molecule has 0 bridgehead atoms. The third-order valence-electron chi connectivity index (χ3n) is 2.01. The second-order valence-corrected chi connectivity index (χ2v) is 4.01. The van der Waals surface area contributed by atoms with E-state index in [2.05, 4.69) is 11.4 Å². The molecule has 3 heteroatoms. The Bertz CT molecular complexity index is 167. The highest BCUT2D eigenvalue weighted by Crippen LogP contribution is 2.34. The fourth-order valence-electron chi connectivity index (χ4n) is 1.53. The molecule has 2 aliphatic rings. The average Bonchev–Trinajstić information content (AvgIpc) is 2.27. The van der Waals surface area contributed by atoms with Crippen molar-refractivity contribution < 1.29 is 0 Å². The van der Waals surface area contributed by atoms with Gasteiger partial charge in [-0.15, -0.1) is 0 Å². The van der Waals surface area contributed by atoms with Gasteiger partial charge in [0.05, 0.1) is 0 Å². The summed E-state index contributed by atoms with van der Waals surface area (Å²) in [6, 6.07) is 0.591. The first-order chi connectivity index (χ1) is 4.86. The number of thioether (sulfide) groups is 1. The standard InChI is InChI=1S/C7H12N2S/c8-7-9-5-3-1-2-4-6(5)10-7/h4-5,7,9H,1-3,8H2. The summed E-state index contributed by atoms with van der Waals surface area (Å²) in [6.45, 7) is 0. The van der Waals surface area contributed by atoms with E-state index < -0.39 is 0 Å². The highest BCUT2D eigenvalue weighted by atomic mass is 32.2. The third kappa shape index (κ3) is 1.09. The molecule has 2 atom stereocenters. The van der Waals surface area contributed by atoms with Gasteiger partial charge in [0.2, 0.25) is 0 Å². The number of hydrogen-bond donors (Lipinski definition) is 2. The monoisotopic (exact) mass is 156 g/mol. The lowest BCUT2D eigenvalue weighted by Gasteiger charge is -2.15. The van der Waals surface area contributed by atoms with Crippen molar-refractivity contribution in [3.05, 3.63) is 11.0 Å². The lowest BCUT2D eigenvalue weighted by atomic mass is 10.0. The summed E-state index contributed by atoms with van der Waals surface area (Å²) in [5, 5.41) is 3.33. The molecule has 56 valence electrons. The van der Waals surface area contributed by atoms with E-state index in [1.54, 1.807) is 11.8 Å². The molecule has 1 fully saturated rings. The molecule has 0 aromatic heterocycles. The quantitative estimate of drug-likeness (QED) is 0.549. The molecular formula is C7H12N2S. The maximum absolute atomic E-state index is 5.71. The van der Waals surface area contributed by atoms with E-state index in [9.17, 15) is 0 Å². The molecule has 0 amide bonds. The zero-order valence-corrected chi connectivity index (χ0v) is 6.66. The van der Waals surface area contributed by atoms with Gasteiger partial charge < -0.3 is 5.73 Å². The first-order valence-electron chi connectivity index (χ1n) is 3.74. The van der Waals surface area contributed by atoms with E-state index >= 15 is 0 Å². The van der Waals surface area contributed by atoms with Gasteiger partial charge in [0.25, 0.3) is 0 Å². The summed E-state index contributed by atoms with van der Waals surface area (Å²) in [5.41, 5.74) is 5.85. The van der Waals surface area contributed by atoms with E-state index in [0.29, 0.717) is 6.04 Å². The Labute approximate surface area is 65.2 Å². The van der Waals surface area contributed by atoms with Gasteiger partial charge in [-0.3, -0.25) is 5.32 Å². The molecule has 3 N–H and O–H groups in total. The zero-order chi connectivity index (χ0) is 6.97. The first kappa shape index (κ1) is 6.70. The van der Waals surface area contributed by atoms with Crippen LogP contribution in [0, 0.1) is 0 Å². The van der Waals surface area contributed by atoms with Crippen molar-refractivity contribution in [3.63, 3.8) is 0 Å². The Kier molecular flexibility index (Phi) is 1.72. The molecule has 1 aliphatic carbocycles. The van der Waals surface area contributed by atoms with Crippen LogP contribution < -0.4 is 11.1 Å². The minimum atomic E-state index is 0.148. The van der Waals surface area contributed by atoms with Gasteiger partial charge in [0, 0.05) is 10.9 Å². The topological polar surface area (TPSA) is 38.0 Å². The molecule has 2 rings (SSSR count). The van der Waals surface area contributed by atoms with Crippen molar-refractivity contribution >= 4 is 11.8 Å². The third-order valence-corrected chi connectivity index (χ3v) is 3.13. The number of allylic oxidation sites excluding steroid dienone is 1. The Morgan fingerprint density at radius 3 is 3.40 bits per heavy atom. The molecule has 1 aliphatic heterocycles. The molecule has 2 unspecified atom stereocenters. The van der Waals surface area contributed by atoms with Gasteiger partial charge in [-0.1, -0.05) is 17.8 Å². The number of nitrogens with two attached hydrogens (primary N) is 1. The van der Waals surface area contributed by atoms with Crippen LogP contribution in [0.2, 0.25) is 0 Å². The number of hydrogen-bond acceptors (Lipinski definition) is 3. The van der Waals surface area contributed by atoms with Gasteiger partial charge in [-0.2, -0.15) is 0 Å². The molecule has 0 radical (unpaired) electrons. The SMILES string of the molecule is NC1NC2CCCC=C2S1. The molecule has 0 aromatic carbocycles. The second kappa shape index (κ2) is 2.57. The average molecular weight is 156 g/mol. The molecular weight excluding hydrogens is 144 g/mol. The molecule has 2 nitrogen and oxygen atoms in total. The maximum Gasteiger partial charge on any atom is 0.108 e. The van der Waals surface area contributed by atoms with Crippen LogP contribution in [-0.4, -0.2) is 11.5 Å². The highest BCUT2D eigenvalue weighted by molar-refractivity contribution is 8.03. The number of fused-ring (bicyclic) bond motifs is 1. The Balaban J connectivity index is 2.13. The van der Waals surface area contributed by atoms with Crippen LogP contribution >= 0.6 is 11.8 Å². The van der Waals surface area contributed by atoms with Crippen molar-refractivity contribution in [2.45, 2.75) is 30.8 Å². The minimum Gasteiger partial charge on any atom is -0.307 e. The number of nitrogens with one attached hydrogen (secondary N) is 1. The van der Waals surface area contributed by atoms with Crippen LogP contribution in [0.15, 0.2) is 11.0 Å². The van der Waals surface area contributed by atoms with Gasteiger partial charge in [-0.05, 0) is 19.3 Å². The van der Waals surface area contributed by atoms with Crippen LogP contribution in [0.1, 0.15) is 19.3 Å². The molecule has 0 spiro atoms. The van der Waals surface area contributed by atoms with Crippen LogP contribution in [0.5, 0.6) is 0 Å². The number of rotatable bonds is 0. The molecule has 10 heavy (non-hydrogen) atoms. The normalized spacial score (nSPS) is 39.1. The van der Waals surface area contributed by atoms with Gasteiger partial charge in [-0.25, -0.2) is 0 Å². The van der Waals surface area contributed by atoms with E-state index in [-0.39, 0.29) is 5.50 Å². The summed E-state index contributed by atoms with van der Waals surface area (Å²) in [6.07, 6.45) is 6.15. The van der Waals surface area contributed by atoms with E-state index in [1.165, 1.54) is 24.2 Å². The lowest BCUT2D eigenvalue weighted by molar-refractivity contribution is 0.527. The van der Waals surface area contributed by atoms with Crippen molar-refractivity contribution in [1.82, 2.24) is 5.32 Å². The molecule has 1 heterocycles. The fourth-order valence-corrected chi connectivity index (χ4v) is 2.62. The molecule has 0 saturated carbocycles. The van der Waals surface area contributed by atoms with Gasteiger partial charge in [0.1, 0.15) is 5.50 Å². The largest absolute Gasteiger partial charge is 0.307 e.